The Balaban J connectivity index is 0.991. The number of aliphatic hydroxyl groups is 1. The van der Waals surface area contributed by atoms with E-state index in [4.69, 9.17) is 33.2 Å². The molecule has 0 aromatic rings. The van der Waals surface area contributed by atoms with Crippen molar-refractivity contribution in [2.75, 3.05) is 26.9 Å². The van der Waals surface area contributed by atoms with E-state index in [-0.39, 0.29) is 60.5 Å². The van der Waals surface area contributed by atoms with Crippen molar-refractivity contribution in [3.8, 4) is 0 Å². The fourth-order valence-corrected chi connectivity index (χ4v) is 7.03. The van der Waals surface area contributed by atoms with Gasteiger partial charge in [0.1, 0.15) is 36.3 Å². The van der Waals surface area contributed by atoms with Gasteiger partial charge in [0, 0.05) is 32.3 Å². The van der Waals surface area contributed by atoms with E-state index < -0.39 is 18.3 Å². The molecule has 6 heterocycles. The molecule has 6 rings (SSSR count). The number of hydrogen-bond donors (Lipinski definition) is 1. The van der Waals surface area contributed by atoms with E-state index in [0.717, 1.165) is 38.5 Å². The van der Waals surface area contributed by atoms with Gasteiger partial charge >= 0.3 is 0 Å². The van der Waals surface area contributed by atoms with Crippen LogP contribution in [0.3, 0.4) is 0 Å². The minimum Gasteiger partial charge on any atom is -0.387 e. The number of ketones is 1. The van der Waals surface area contributed by atoms with E-state index in [0.29, 0.717) is 32.7 Å². The third-order valence-corrected chi connectivity index (χ3v) is 8.92. The standard InChI is InChI=1S/C27H40O9/c1-14-7-17(32-11-14)3-4-19-10-21-25(34-19)27-26(36-21)23(29)24-20(35-27)6-5-18(33-24)9-16(28)8-15-12-31-13-22(15)30-2/h15,17-27,29H,1,3-13H2,2H3/t15-,17-,18+,19+,20-,21+,22-,23-,24?,25?,26-,27?/m0/s1. The maximum absolute atomic E-state index is 12.7. The molecule has 3 unspecified atom stereocenters. The third-order valence-electron chi connectivity index (χ3n) is 8.92. The van der Waals surface area contributed by atoms with Crippen LogP contribution in [-0.4, -0.2) is 105 Å². The van der Waals surface area contributed by atoms with Crippen molar-refractivity contribution in [3.63, 3.8) is 0 Å². The number of rotatable bonds is 8. The lowest BCUT2D eigenvalue weighted by Gasteiger charge is -2.46. The average molecular weight is 509 g/mol. The van der Waals surface area contributed by atoms with E-state index in [2.05, 4.69) is 6.58 Å². The van der Waals surface area contributed by atoms with Gasteiger partial charge in [-0.25, -0.2) is 0 Å². The second-order valence-electron chi connectivity index (χ2n) is 11.5. The Kier molecular flexibility index (Phi) is 7.53. The Hall–Kier alpha value is -0.910. The first kappa shape index (κ1) is 25.4. The molecule has 0 aromatic heterocycles. The van der Waals surface area contributed by atoms with Crippen LogP contribution in [0, 0.1) is 5.92 Å². The first-order chi connectivity index (χ1) is 17.5. The summed E-state index contributed by atoms with van der Waals surface area (Å²) in [6, 6.07) is 0. The maximum Gasteiger partial charge on any atom is 0.135 e. The molecular weight excluding hydrogens is 468 g/mol. The van der Waals surface area contributed by atoms with E-state index in [9.17, 15) is 9.90 Å². The molecule has 0 radical (unpaired) electrons. The fraction of sp³-hybridized carbons (Fsp3) is 0.889. The quantitative estimate of drug-likeness (QED) is 0.491. The summed E-state index contributed by atoms with van der Waals surface area (Å²) in [5, 5.41) is 11.2. The number of Topliss-reactive ketones (excluding diaryl/α,β-unsaturated/α-hetero) is 1. The highest BCUT2D eigenvalue weighted by molar-refractivity contribution is 5.79. The van der Waals surface area contributed by atoms with Crippen LogP contribution in [0.25, 0.3) is 0 Å². The molecule has 6 fully saturated rings. The average Bonchev–Trinajstić information content (AvgIpc) is 3.63. The largest absolute Gasteiger partial charge is 0.387 e. The molecule has 12 atom stereocenters. The van der Waals surface area contributed by atoms with E-state index >= 15 is 0 Å². The van der Waals surface area contributed by atoms with Gasteiger partial charge in [0.05, 0.1) is 56.4 Å². The molecule has 202 valence electrons. The highest BCUT2D eigenvalue weighted by Gasteiger charge is 2.60. The van der Waals surface area contributed by atoms with Crippen molar-refractivity contribution in [3.05, 3.63) is 12.2 Å². The number of carbonyl (C=O) groups excluding carboxylic acids is 1. The lowest BCUT2D eigenvalue weighted by Crippen LogP contribution is -2.61. The van der Waals surface area contributed by atoms with Crippen LogP contribution in [0.1, 0.15) is 51.4 Å². The Bertz CT molecular complexity index is 819. The zero-order valence-electron chi connectivity index (χ0n) is 21.1. The predicted octanol–water partition coefficient (Wildman–Crippen LogP) is 1.72. The SMILES string of the molecule is C=C1CO[C@@H](CC[C@@H]2C[C@H]3O[C@@H]4C(O[C@H]5CC[C@H](CC(=O)C[C@H]6COC[C@@H]6OC)OC5[C@@H]4O)C3O2)C1. The summed E-state index contributed by atoms with van der Waals surface area (Å²) in [7, 11) is 1.66. The smallest absolute Gasteiger partial charge is 0.135 e. The zero-order chi connectivity index (χ0) is 24.8. The van der Waals surface area contributed by atoms with Crippen LogP contribution in [0.2, 0.25) is 0 Å². The summed E-state index contributed by atoms with van der Waals surface area (Å²) < 4.78 is 42.0. The lowest BCUT2D eigenvalue weighted by molar-refractivity contribution is -0.263. The van der Waals surface area contributed by atoms with Crippen LogP contribution >= 0.6 is 0 Å². The van der Waals surface area contributed by atoms with E-state index in [1.54, 1.807) is 7.11 Å². The molecule has 9 heteroatoms. The second-order valence-corrected chi connectivity index (χ2v) is 11.5. The van der Waals surface area contributed by atoms with Crippen molar-refractivity contribution >= 4 is 5.78 Å². The first-order valence-corrected chi connectivity index (χ1v) is 13.7. The molecule has 0 saturated carbocycles. The third kappa shape index (κ3) is 5.06. The molecule has 6 aliphatic heterocycles. The topological polar surface area (TPSA) is 102 Å². The molecular formula is C27H40O9. The number of aliphatic hydroxyl groups excluding tert-OH is 1. The van der Waals surface area contributed by atoms with Crippen LogP contribution in [0.15, 0.2) is 12.2 Å². The molecule has 9 nitrogen and oxygen atoms in total. The van der Waals surface area contributed by atoms with Crippen molar-refractivity contribution in [2.45, 2.75) is 119 Å². The van der Waals surface area contributed by atoms with Crippen molar-refractivity contribution in [1.82, 2.24) is 0 Å². The van der Waals surface area contributed by atoms with Crippen molar-refractivity contribution < 1.29 is 43.1 Å². The van der Waals surface area contributed by atoms with Gasteiger partial charge in [-0.15, -0.1) is 0 Å². The highest BCUT2D eigenvalue weighted by Crippen LogP contribution is 2.44. The van der Waals surface area contributed by atoms with Gasteiger partial charge in [0.2, 0.25) is 0 Å². The normalized spacial score (nSPS) is 48.1. The number of ether oxygens (including phenoxy) is 7. The first-order valence-electron chi connectivity index (χ1n) is 13.7. The monoisotopic (exact) mass is 508 g/mol. The summed E-state index contributed by atoms with van der Waals surface area (Å²) >= 11 is 0. The van der Waals surface area contributed by atoms with Crippen molar-refractivity contribution in [2.24, 2.45) is 5.92 Å². The minimum atomic E-state index is -0.793. The fourth-order valence-electron chi connectivity index (χ4n) is 7.03. The Morgan fingerprint density at radius 1 is 0.944 bits per heavy atom. The number of hydrogen-bond acceptors (Lipinski definition) is 9. The van der Waals surface area contributed by atoms with Gasteiger partial charge in [0.25, 0.3) is 0 Å². The molecule has 6 saturated heterocycles. The molecule has 0 bridgehead atoms. The van der Waals surface area contributed by atoms with Gasteiger partial charge in [-0.2, -0.15) is 0 Å². The molecule has 1 N–H and O–H groups in total. The van der Waals surface area contributed by atoms with Crippen LogP contribution in [0.5, 0.6) is 0 Å². The summed E-state index contributed by atoms with van der Waals surface area (Å²) in [6.07, 6.45) is 3.56. The number of methoxy groups -OCH3 is 1. The summed E-state index contributed by atoms with van der Waals surface area (Å²) in [5.41, 5.74) is 1.17. The zero-order valence-corrected chi connectivity index (χ0v) is 21.1. The Labute approximate surface area is 212 Å². The number of carbonyl (C=O) groups is 1. The van der Waals surface area contributed by atoms with Crippen molar-refractivity contribution in [1.29, 1.82) is 0 Å². The van der Waals surface area contributed by atoms with E-state index in [1.807, 2.05) is 0 Å². The van der Waals surface area contributed by atoms with Gasteiger partial charge in [0.15, 0.2) is 0 Å². The van der Waals surface area contributed by atoms with Crippen LogP contribution in [-0.2, 0) is 38.0 Å². The van der Waals surface area contributed by atoms with Gasteiger partial charge in [-0.05, 0) is 37.7 Å². The summed E-state index contributed by atoms with van der Waals surface area (Å²) in [6.45, 7) is 5.78. The van der Waals surface area contributed by atoms with Gasteiger partial charge in [-0.1, -0.05) is 6.58 Å². The minimum absolute atomic E-state index is 0.0204. The summed E-state index contributed by atoms with van der Waals surface area (Å²) in [5.74, 6) is 0.252. The predicted molar refractivity (Wildman–Crippen MR) is 127 cm³/mol. The summed E-state index contributed by atoms with van der Waals surface area (Å²) in [4.78, 5) is 12.7. The van der Waals surface area contributed by atoms with Crippen LogP contribution in [0.4, 0.5) is 0 Å². The molecule has 6 aliphatic rings. The van der Waals surface area contributed by atoms with Crippen LogP contribution < -0.4 is 0 Å². The highest BCUT2D eigenvalue weighted by atomic mass is 16.6. The van der Waals surface area contributed by atoms with E-state index in [1.165, 1.54) is 5.57 Å². The molecule has 0 spiro atoms. The Morgan fingerprint density at radius 3 is 2.56 bits per heavy atom. The Morgan fingerprint density at radius 2 is 1.75 bits per heavy atom. The second kappa shape index (κ2) is 10.7. The molecule has 0 aromatic carbocycles. The maximum atomic E-state index is 12.7. The van der Waals surface area contributed by atoms with Gasteiger partial charge in [-0.3, -0.25) is 4.79 Å². The molecule has 0 amide bonds. The van der Waals surface area contributed by atoms with Gasteiger partial charge < -0.3 is 38.3 Å². The lowest BCUT2D eigenvalue weighted by atomic mass is 9.87. The molecule has 0 aliphatic carbocycles. The molecule has 36 heavy (non-hydrogen) atoms. The number of fused-ring (bicyclic) bond motifs is 4.